The van der Waals surface area contributed by atoms with Gasteiger partial charge in [-0.05, 0) is 38.0 Å². The lowest BCUT2D eigenvalue weighted by atomic mass is 9.83. The van der Waals surface area contributed by atoms with Crippen molar-refractivity contribution in [1.29, 1.82) is 0 Å². The summed E-state index contributed by atoms with van der Waals surface area (Å²) in [7, 11) is -3.14. The van der Waals surface area contributed by atoms with E-state index in [2.05, 4.69) is 14.9 Å². The summed E-state index contributed by atoms with van der Waals surface area (Å²) in [6.45, 7) is 4.77. The molecule has 2 unspecified atom stereocenters. The number of urea groups is 1. The maximum Gasteiger partial charge on any atom is 0.573 e. The number of nitrogens with zero attached hydrogens (tertiary/aromatic N) is 3. The van der Waals surface area contributed by atoms with Crippen LogP contribution in [-0.2, 0) is 9.84 Å². The minimum atomic E-state index is -4.78. The summed E-state index contributed by atoms with van der Waals surface area (Å²) < 4.78 is 70.9. The van der Waals surface area contributed by atoms with E-state index in [0.717, 1.165) is 11.3 Å². The first-order chi connectivity index (χ1) is 16.9. The Balaban J connectivity index is 1.55. The predicted octanol–water partition coefficient (Wildman–Crippen LogP) is 3.52. The van der Waals surface area contributed by atoms with E-state index in [0.29, 0.717) is 25.4 Å². The molecule has 2 saturated heterocycles. The zero-order valence-electron chi connectivity index (χ0n) is 20.0. The zero-order chi connectivity index (χ0) is 26.1. The highest BCUT2D eigenvalue weighted by molar-refractivity contribution is 7.91. The fourth-order valence-corrected chi connectivity index (χ4v) is 5.80. The molecule has 2 atom stereocenters. The summed E-state index contributed by atoms with van der Waals surface area (Å²) >= 11 is 0. The van der Waals surface area contributed by atoms with E-state index in [1.165, 1.54) is 12.1 Å². The summed E-state index contributed by atoms with van der Waals surface area (Å²) in [6.07, 6.45) is -4.22. The molecule has 2 amide bonds. The van der Waals surface area contributed by atoms with Crippen LogP contribution in [-0.4, -0.2) is 84.6 Å². The van der Waals surface area contributed by atoms with Crippen LogP contribution in [0, 0.1) is 0 Å². The van der Waals surface area contributed by atoms with E-state index < -0.39 is 16.2 Å². The van der Waals surface area contributed by atoms with Gasteiger partial charge in [0.2, 0.25) is 5.88 Å². The number of likely N-dealkylation sites (tertiary alicyclic amines) is 1. The largest absolute Gasteiger partial charge is 0.573 e. The second-order valence-corrected chi connectivity index (χ2v) is 11.7. The van der Waals surface area contributed by atoms with E-state index in [9.17, 15) is 26.4 Å². The van der Waals surface area contributed by atoms with Gasteiger partial charge < -0.3 is 19.3 Å². The number of carbonyl (C=O) groups excluding carboxylic acids is 1. The molecule has 36 heavy (non-hydrogen) atoms. The fourth-order valence-electron chi connectivity index (χ4n) is 4.60. The normalized spacial score (nSPS) is 22.5. The van der Waals surface area contributed by atoms with Gasteiger partial charge in [-0.1, -0.05) is 12.1 Å². The van der Waals surface area contributed by atoms with Crippen LogP contribution in [0.3, 0.4) is 0 Å². The number of hydrogen-bond donors (Lipinski definition) is 1. The third-order valence-corrected chi connectivity index (χ3v) is 7.90. The third-order valence-electron chi connectivity index (χ3n) is 6.29. The van der Waals surface area contributed by atoms with E-state index >= 15 is 0 Å². The van der Waals surface area contributed by atoms with Crippen LogP contribution in [0.4, 0.5) is 18.0 Å². The fraction of sp³-hybridized carbons (Fsp3) is 0.565. The van der Waals surface area contributed by atoms with Crippen LogP contribution in [0.25, 0.3) is 0 Å². The number of amides is 2. The maximum atomic E-state index is 13.3. The van der Waals surface area contributed by atoms with Crippen molar-refractivity contribution in [2.75, 3.05) is 37.7 Å². The first-order valence-electron chi connectivity index (χ1n) is 11.7. The molecule has 13 heteroatoms. The lowest BCUT2D eigenvalue weighted by molar-refractivity contribution is -0.274. The van der Waals surface area contributed by atoms with Gasteiger partial charge in [-0.15, -0.1) is 18.3 Å². The van der Waals surface area contributed by atoms with Crippen LogP contribution < -0.4 is 9.47 Å². The number of alkyl halides is 3. The Labute approximate surface area is 207 Å². The topological polar surface area (TPSA) is 105 Å². The molecule has 2 aromatic rings. The number of halogens is 3. The molecule has 2 aliphatic heterocycles. The number of piperidine rings is 1. The van der Waals surface area contributed by atoms with Gasteiger partial charge in [0, 0.05) is 49.8 Å². The Bertz CT molecular complexity index is 1150. The molecule has 0 aliphatic carbocycles. The van der Waals surface area contributed by atoms with Gasteiger partial charge >= 0.3 is 12.4 Å². The number of ether oxygens (including phenoxy) is 2. The molecular formula is C23H29F3N4O5S. The minimum Gasteiger partial charge on any atom is -0.474 e. The van der Waals surface area contributed by atoms with Crippen LogP contribution in [0.5, 0.6) is 11.6 Å². The zero-order valence-corrected chi connectivity index (χ0v) is 20.8. The first-order valence-corrected chi connectivity index (χ1v) is 13.5. The molecule has 2 aliphatic rings. The number of hydrogen-bond acceptors (Lipinski definition) is 6. The van der Waals surface area contributed by atoms with Gasteiger partial charge in [-0.2, -0.15) is 0 Å². The van der Waals surface area contributed by atoms with Gasteiger partial charge in [-0.25, -0.2) is 13.2 Å². The van der Waals surface area contributed by atoms with Gasteiger partial charge in [0.15, 0.2) is 9.84 Å². The van der Waals surface area contributed by atoms with Gasteiger partial charge in [0.1, 0.15) is 5.75 Å². The molecular weight excluding hydrogens is 501 g/mol. The van der Waals surface area contributed by atoms with E-state index in [-0.39, 0.29) is 54.3 Å². The molecule has 1 aromatic carbocycles. The van der Waals surface area contributed by atoms with Gasteiger partial charge in [0.05, 0.1) is 17.6 Å². The number of aromatic nitrogens is 2. The highest BCUT2D eigenvalue weighted by Gasteiger charge is 2.36. The van der Waals surface area contributed by atoms with Crippen LogP contribution in [0.15, 0.2) is 30.3 Å². The second kappa shape index (κ2) is 10.2. The van der Waals surface area contributed by atoms with Crippen molar-refractivity contribution in [3.63, 3.8) is 0 Å². The van der Waals surface area contributed by atoms with Crippen molar-refractivity contribution < 1.29 is 35.9 Å². The molecule has 9 nitrogen and oxygen atoms in total. The number of sulfone groups is 1. The Morgan fingerprint density at radius 3 is 2.33 bits per heavy atom. The Morgan fingerprint density at radius 1 is 1.08 bits per heavy atom. The Hall–Kier alpha value is -2.96. The van der Waals surface area contributed by atoms with Gasteiger partial charge in [0.25, 0.3) is 0 Å². The summed E-state index contributed by atoms with van der Waals surface area (Å²) in [5.41, 5.74) is 1.55. The lowest BCUT2D eigenvalue weighted by Crippen LogP contribution is -2.53. The predicted molar refractivity (Wildman–Crippen MR) is 125 cm³/mol. The van der Waals surface area contributed by atoms with E-state index in [4.69, 9.17) is 4.74 Å². The summed E-state index contributed by atoms with van der Waals surface area (Å²) in [5.74, 6) is -0.323. The molecule has 4 rings (SSSR count). The summed E-state index contributed by atoms with van der Waals surface area (Å²) in [4.78, 5) is 16.6. The van der Waals surface area contributed by atoms with Crippen LogP contribution in [0.1, 0.15) is 43.4 Å². The van der Waals surface area contributed by atoms with Crippen molar-refractivity contribution in [3.05, 3.63) is 41.6 Å². The Morgan fingerprint density at radius 2 is 1.72 bits per heavy atom. The molecule has 2 fully saturated rings. The standard InChI is InChI=1S/C23H29F3N4O5S/c1-15(2)34-21-12-20(27-28-21)18-11-17(16-3-5-19(6-4-16)35-23(24,25)26)13-30(14-18)22(31)29-7-9-36(32,33)10-8-29/h3-6,12,15,17-18H,7-11,13-14H2,1-2H3,(H,27,28). The number of nitrogens with one attached hydrogen (secondary N) is 1. The van der Waals surface area contributed by atoms with Crippen LogP contribution >= 0.6 is 0 Å². The minimum absolute atomic E-state index is 0.0638. The smallest absolute Gasteiger partial charge is 0.474 e. The van der Waals surface area contributed by atoms with Crippen molar-refractivity contribution in [2.45, 2.75) is 44.6 Å². The van der Waals surface area contributed by atoms with Crippen LogP contribution in [0.2, 0.25) is 0 Å². The quantitative estimate of drug-likeness (QED) is 0.635. The van der Waals surface area contributed by atoms with Gasteiger partial charge in [-0.3, -0.25) is 5.10 Å². The molecule has 0 radical (unpaired) electrons. The second-order valence-electron chi connectivity index (χ2n) is 9.40. The number of H-pyrrole nitrogens is 1. The summed E-state index contributed by atoms with van der Waals surface area (Å²) in [5, 5.41) is 7.19. The maximum absolute atomic E-state index is 13.3. The molecule has 198 valence electrons. The number of carbonyl (C=O) groups is 1. The van der Waals surface area contributed by atoms with Crippen molar-refractivity contribution in [1.82, 2.24) is 20.0 Å². The SMILES string of the molecule is CC(C)Oc1cc(C2CC(c3ccc(OC(F)(F)F)cc3)CN(C(=O)N3CCS(=O)(=O)CC3)C2)[nH]n1. The van der Waals surface area contributed by atoms with Crippen molar-refractivity contribution in [2.24, 2.45) is 0 Å². The Kier molecular flexibility index (Phi) is 7.39. The molecule has 0 saturated carbocycles. The molecule has 1 aromatic heterocycles. The summed E-state index contributed by atoms with van der Waals surface area (Å²) in [6, 6.07) is 7.21. The molecule has 3 heterocycles. The van der Waals surface area contributed by atoms with E-state index in [1.54, 1.807) is 28.0 Å². The highest BCUT2D eigenvalue weighted by atomic mass is 32.2. The van der Waals surface area contributed by atoms with Crippen molar-refractivity contribution in [3.8, 4) is 11.6 Å². The third kappa shape index (κ3) is 6.62. The first kappa shape index (κ1) is 26.1. The molecule has 0 spiro atoms. The monoisotopic (exact) mass is 530 g/mol. The average Bonchev–Trinajstić information content (AvgIpc) is 3.25. The molecule has 1 N–H and O–H groups in total. The van der Waals surface area contributed by atoms with E-state index in [1.807, 2.05) is 13.8 Å². The number of aromatic amines is 1. The average molecular weight is 531 g/mol. The number of benzene rings is 1. The lowest BCUT2D eigenvalue weighted by Gasteiger charge is -2.40. The highest BCUT2D eigenvalue weighted by Crippen LogP contribution is 2.37. The number of rotatable bonds is 5. The van der Waals surface area contributed by atoms with Crippen molar-refractivity contribution >= 4 is 15.9 Å². The molecule has 0 bridgehead atoms.